The van der Waals surface area contributed by atoms with Gasteiger partial charge in [-0.05, 0) is 68.0 Å². The van der Waals surface area contributed by atoms with E-state index in [2.05, 4.69) is 21.2 Å². The van der Waals surface area contributed by atoms with Gasteiger partial charge < -0.3 is 9.47 Å². The Morgan fingerprint density at radius 1 is 0.971 bits per heavy atom. The number of barbiturate groups is 1. The second-order valence-corrected chi connectivity index (χ2v) is 8.99. The molecule has 3 aromatic rings. The van der Waals surface area contributed by atoms with Crippen LogP contribution in [0.3, 0.4) is 0 Å². The number of anilines is 1. The molecule has 0 aromatic heterocycles. The van der Waals surface area contributed by atoms with Crippen molar-refractivity contribution in [2.75, 3.05) is 4.90 Å². The zero-order valence-corrected chi connectivity index (χ0v) is 20.7. The monoisotopic (exact) mass is 534 g/mol. The minimum absolute atomic E-state index is 0.107. The second-order valence-electron chi connectivity index (χ2n) is 8.07. The molecule has 8 heteroatoms. The lowest BCUT2D eigenvalue weighted by Gasteiger charge is -2.26. The summed E-state index contributed by atoms with van der Waals surface area (Å²) in [5.41, 5.74) is 1.68. The fourth-order valence-corrected chi connectivity index (χ4v) is 3.85. The largest absolute Gasteiger partial charge is 0.490 e. The molecule has 1 aliphatic rings. The Morgan fingerprint density at radius 2 is 1.69 bits per heavy atom. The molecule has 1 aliphatic heterocycles. The van der Waals surface area contributed by atoms with Gasteiger partial charge in [0, 0.05) is 10.0 Å². The molecule has 3 aromatic carbocycles. The van der Waals surface area contributed by atoms with Crippen molar-refractivity contribution in [1.29, 1.82) is 0 Å². The van der Waals surface area contributed by atoms with E-state index in [0.717, 1.165) is 14.9 Å². The van der Waals surface area contributed by atoms with E-state index >= 15 is 0 Å². The smallest absolute Gasteiger partial charge is 0.335 e. The lowest BCUT2D eigenvalue weighted by molar-refractivity contribution is -0.122. The number of rotatable bonds is 7. The fourth-order valence-electron chi connectivity index (χ4n) is 3.47. The molecule has 0 radical (unpaired) electrons. The number of ether oxygens (including phenoxy) is 2. The Bertz CT molecular complexity index is 1290. The number of urea groups is 1. The van der Waals surface area contributed by atoms with Crippen molar-refractivity contribution < 1.29 is 23.9 Å². The van der Waals surface area contributed by atoms with Crippen molar-refractivity contribution in [3.8, 4) is 11.5 Å². The van der Waals surface area contributed by atoms with Gasteiger partial charge >= 0.3 is 6.03 Å². The van der Waals surface area contributed by atoms with Crippen LogP contribution in [-0.4, -0.2) is 23.9 Å². The molecule has 0 aliphatic carbocycles. The van der Waals surface area contributed by atoms with Crippen LogP contribution >= 0.6 is 15.9 Å². The van der Waals surface area contributed by atoms with Crippen molar-refractivity contribution in [3.05, 3.63) is 94.0 Å². The zero-order valence-electron chi connectivity index (χ0n) is 19.2. The normalized spacial score (nSPS) is 14.9. The predicted molar refractivity (Wildman–Crippen MR) is 136 cm³/mol. The lowest BCUT2D eigenvalue weighted by Crippen LogP contribution is -2.54. The van der Waals surface area contributed by atoms with E-state index < -0.39 is 17.8 Å². The van der Waals surface area contributed by atoms with E-state index in [-0.39, 0.29) is 11.7 Å². The highest BCUT2D eigenvalue weighted by Gasteiger charge is 2.37. The number of carbonyl (C=O) groups excluding carboxylic acids is 3. The number of amides is 4. The molecule has 0 saturated carbocycles. The van der Waals surface area contributed by atoms with E-state index in [0.29, 0.717) is 29.4 Å². The molecule has 4 amide bonds. The summed E-state index contributed by atoms with van der Waals surface area (Å²) in [6.07, 6.45) is 1.32. The first-order valence-electron chi connectivity index (χ1n) is 11.0. The fraction of sp³-hybridized carbons (Fsp3) is 0.148. The van der Waals surface area contributed by atoms with E-state index in [1.807, 2.05) is 44.2 Å². The molecule has 1 heterocycles. The summed E-state index contributed by atoms with van der Waals surface area (Å²) in [5.74, 6) is -0.402. The van der Waals surface area contributed by atoms with Gasteiger partial charge in [-0.15, -0.1) is 0 Å². The van der Waals surface area contributed by atoms with E-state index in [4.69, 9.17) is 9.47 Å². The molecule has 0 bridgehead atoms. The summed E-state index contributed by atoms with van der Waals surface area (Å²) in [6, 6.07) is 20.7. The first-order valence-corrected chi connectivity index (χ1v) is 11.8. The van der Waals surface area contributed by atoms with Crippen LogP contribution in [0.25, 0.3) is 6.08 Å². The van der Waals surface area contributed by atoms with Crippen LogP contribution in [0, 0.1) is 0 Å². The van der Waals surface area contributed by atoms with Crippen molar-refractivity contribution >= 4 is 45.5 Å². The highest BCUT2D eigenvalue weighted by Crippen LogP contribution is 2.29. The molecule has 1 N–H and O–H groups in total. The summed E-state index contributed by atoms with van der Waals surface area (Å²) in [6.45, 7) is 4.15. The molecular weight excluding hydrogens is 512 g/mol. The van der Waals surface area contributed by atoms with Crippen molar-refractivity contribution in [1.82, 2.24) is 5.32 Å². The Hall–Kier alpha value is -3.91. The molecule has 4 rings (SSSR count). The van der Waals surface area contributed by atoms with Crippen LogP contribution in [0.5, 0.6) is 11.5 Å². The molecule has 1 fully saturated rings. The molecule has 0 unspecified atom stereocenters. The summed E-state index contributed by atoms with van der Waals surface area (Å²) in [4.78, 5) is 39.3. The third kappa shape index (κ3) is 5.78. The van der Waals surface area contributed by atoms with Crippen LogP contribution in [-0.2, 0) is 16.2 Å². The molecule has 0 atom stereocenters. The first-order chi connectivity index (χ1) is 16.8. The Morgan fingerprint density at radius 3 is 2.37 bits per heavy atom. The Kier molecular flexibility index (Phi) is 7.31. The predicted octanol–water partition coefficient (Wildman–Crippen LogP) is 5.48. The maximum absolute atomic E-state index is 13.3. The quantitative estimate of drug-likeness (QED) is 0.320. The number of imide groups is 2. The van der Waals surface area contributed by atoms with Crippen LogP contribution < -0.4 is 19.7 Å². The van der Waals surface area contributed by atoms with E-state index in [1.165, 1.54) is 6.08 Å². The van der Waals surface area contributed by atoms with Crippen molar-refractivity contribution in [3.63, 3.8) is 0 Å². The van der Waals surface area contributed by atoms with Gasteiger partial charge in [-0.3, -0.25) is 14.9 Å². The van der Waals surface area contributed by atoms with Gasteiger partial charge in [-0.1, -0.05) is 46.3 Å². The van der Waals surface area contributed by atoms with Gasteiger partial charge in [-0.2, -0.15) is 0 Å². The van der Waals surface area contributed by atoms with Gasteiger partial charge in [0.15, 0.2) is 0 Å². The van der Waals surface area contributed by atoms with E-state index in [1.54, 1.807) is 42.5 Å². The summed E-state index contributed by atoms with van der Waals surface area (Å²) < 4.78 is 12.3. The average molecular weight is 535 g/mol. The molecule has 1 saturated heterocycles. The third-order valence-electron chi connectivity index (χ3n) is 5.08. The number of nitrogens with one attached hydrogen (secondary N) is 1. The van der Waals surface area contributed by atoms with Crippen LogP contribution in [0.2, 0.25) is 0 Å². The summed E-state index contributed by atoms with van der Waals surface area (Å²) in [7, 11) is 0. The standard InChI is InChI=1S/C27H23BrN2O5/c1-17(2)35-24-13-8-20(28)14-19(24)15-23-25(31)29-27(33)30(26(23)32)21-9-11-22(12-10-21)34-16-18-6-4-3-5-7-18/h3-15,17H,16H2,1-2H3,(H,29,31,33)/b23-15+. The zero-order chi connectivity index (χ0) is 24.9. The van der Waals surface area contributed by atoms with Crippen molar-refractivity contribution in [2.45, 2.75) is 26.6 Å². The molecule has 178 valence electrons. The summed E-state index contributed by atoms with van der Waals surface area (Å²) >= 11 is 3.40. The second kappa shape index (κ2) is 10.6. The van der Waals surface area contributed by atoms with Gasteiger partial charge in [0.2, 0.25) is 0 Å². The highest BCUT2D eigenvalue weighted by molar-refractivity contribution is 9.10. The number of hydrogen-bond acceptors (Lipinski definition) is 5. The Labute approximate surface area is 211 Å². The number of benzene rings is 3. The topological polar surface area (TPSA) is 84.9 Å². The van der Waals surface area contributed by atoms with Crippen LogP contribution in [0.4, 0.5) is 10.5 Å². The maximum atomic E-state index is 13.3. The van der Waals surface area contributed by atoms with Gasteiger partial charge in [-0.25, -0.2) is 9.69 Å². The average Bonchev–Trinajstić information content (AvgIpc) is 2.83. The molecule has 7 nitrogen and oxygen atoms in total. The van der Waals surface area contributed by atoms with E-state index in [9.17, 15) is 14.4 Å². The molecule has 35 heavy (non-hydrogen) atoms. The van der Waals surface area contributed by atoms with Gasteiger partial charge in [0.25, 0.3) is 11.8 Å². The number of hydrogen-bond donors (Lipinski definition) is 1. The minimum atomic E-state index is -0.817. The third-order valence-corrected chi connectivity index (χ3v) is 5.57. The van der Waals surface area contributed by atoms with Crippen molar-refractivity contribution in [2.24, 2.45) is 0 Å². The SMILES string of the molecule is CC(C)Oc1ccc(Br)cc1/C=C1\C(=O)NC(=O)N(c2ccc(OCc3ccccc3)cc2)C1=O. The molecular formula is C27H23BrN2O5. The minimum Gasteiger partial charge on any atom is -0.490 e. The van der Waals surface area contributed by atoms with Crippen LogP contribution in [0.1, 0.15) is 25.0 Å². The van der Waals surface area contributed by atoms with Crippen LogP contribution in [0.15, 0.2) is 82.8 Å². The van der Waals surface area contributed by atoms with Gasteiger partial charge in [0.1, 0.15) is 23.7 Å². The summed E-state index contributed by atoms with van der Waals surface area (Å²) in [5, 5.41) is 2.24. The number of carbonyl (C=O) groups is 3. The first kappa shape index (κ1) is 24.2. The Balaban J connectivity index is 1.58. The maximum Gasteiger partial charge on any atom is 0.335 e. The highest BCUT2D eigenvalue weighted by atomic mass is 79.9. The number of nitrogens with zero attached hydrogens (tertiary/aromatic N) is 1. The lowest BCUT2D eigenvalue weighted by atomic mass is 10.1. The number of halogens is 1. The molecule has 0 spiro atoms. The van der Waals surface area contributed by atoms with Gasteiger partial charge in [0.05, 0.1) is 11.8 Å².